The number of rotatable bonds is 6. The molecule has 1 unspecified atom stereocenters. The van der Waals surface area contributed by atoms with Gasteiger partial charge in [-0.1, -0.05) is 18.2 Å². The highest BCUT2D eigenvalue weighted by atomic mass is 32.2. The van der Waals surface area contributed by atoms with Crippen LogP contribution in [0.3, 0.4) is 0 Å². The highest BCUT2D eigenvalue weighted by Gasteiger charge is 2.36. The van der Waals surface area contributed by atoms with E-state index in [1.165, 1.54) is 0 Å². The van der Waals surface area contributed by atoms with E-state index in [1.807, 2.05) is 30.1 Å². The Morgan fingerprint density at radius 2 is 2.00 bits per heavy atom. The molecule has 0 bridgehead atoms. The summed E-state index contributed by atoms with van der Waals surface area (Å²) in [5, 5.41) is 2.75. The molecule has 1 atom stereocenters. The molecule has 0 spiro atoms. The fraction of sp³-hybridized carbons (Fsp3) is 0.400. The molecule has 1 fully saturated rings. The van der Waals surface area contributed by atoms with Gasteiger partial charge in [-0.05, 0) is 30.4 Å². The molecule has 1 aromatic carbocycles. The fourth-order valence-electron chi connectivity index (χ4n) is 3.75. The van der Waals surface area contributed by atoms with Gasteiger partial charge in [-0.2, -0.15) is 8.42 Å². The van der Waals surface area contributed by atoms with Crippen LogP contribution in [0, 0.1) is 0 Å². The quantitative estimate of drug-likeness (QED) is 0.411. The lowest BCUT2D eigenvalue weighted by atomic mass is 9.99. The molecule has 1 N–H and O–H groups in total. The number of allylic oxidation sites excluding steroid dienone is 1. The molecule has 0 saturated carbocycles. The molecule has 3 rings (SSSR count). The van der Waals surface area contributed by atoms with Crippen molar-refractivity contribution < 1.29 is 27.0 Å². The van der Waals surface area contributed by atoms with Crippen LogP contribution in [0.25, 0.3) is 5.70 Å². The van der Waals surface area contributed by atoms with Gasteiger partial charge in [0.15, 0.2) is 5.94 Å². The van der Waals surface area contributed by atoms with Gasteiger partial charge in [0, 0.05) is 18.5 Å². The molecule has 2 heterocycles. The molecular formula is C20H20N2O6S. The second-order valence-electron chi connectivity index (χ2n) is 6.93. The van der Waals surface area contributed by atoms with Crippen LogP contribution >= 0.6 is 0 Å². The van der Waals surface area contributed by atoms with E-state index in [1.54, 1.807) is 10.8 Å². The Hall–Kier alpha value is -2.92. The summed E-state index contributed by atoms with van der Waals surface area (Å²) < 4.78 is 27.0. The number of carbonyl (C=O) groups excluding carboxylic acids is 3. The summed E-state index contributed by atoms with van der Waals surface area (Å²) in [7, 11) is -3.48. The van der Waals surface area contributed by atoms with E-state index in [0.29, 0.717) is 43.6 Å². The molecule has 2 aliphatic rings. The summed E-state index contributed by atoms with van der Waals surface area (Å²) >= 11 is 0. The Morgan fingerprint density at radius 1 is 1.21 bits per heavy atom. The van der Waals surface area contributed by atoms with Crippen LogP contribution in [0.4, 0.5) is 0 Å². The van der Waals surface area contributed by atoms with Crippen molar-refractivity contribution in [3.05, 3.63) is 46.3 Å². The highest BCUT2D eigenvalue weighted by molar-refractivity contribution is 7.85. The number of nitrogens with one attached hydrogen (secondary N) is 1. The number of aryl methyl sites for hydroxylation is 1. The largest absolute Gasteiger partial charge is 0.348 e. The topological polar surface area (TPSA) is 110 Å². The molecule has 9 heteroatoms. The van der Waals surface area contributed by atoms with Gasteiger partial charge in [0.05, 0.1) is 18.9 Å². The first-order valence-electron chi connectivity index (χ1n) is 9.11. The van der Waals surface area contributed by atoms with Gasteiger partial charge in [0.25, 0.3) is 10.1 Å². The minimum Gasteiger partial charge on any atom is -0.348 e. The summed E-state index contributed by atoms with van der Waals surface area (Å²) in [6.45, 7) is 0.481. The zero-order chi connectivity index (χ0) is 21.0. The maximum Gasteiger partial charge on any atom is 0.264 e. The van der Waals surface area contributed by atoms with Crippen molar-refractivity contribution in [1.29, 1.82) is 0 Å². The van der Waals surface area contributed by atoms with Crippen LogP contribution in [0.5, 0.6) is 0 Å². The third-order valence-corrected chi connectivity index (χ3v) is 5.62. The number of fused-ring (bicyclic) bond motifs is 1. The van der Waals surface area contributed by atoms with Crippen LogP contribution in [0.2, 0.25) is 0 Å². The van der Waals surface area contributed by atoms with Crippen molar-refractivity contribution >= 4 is 33.6 Å². The molecule has 152 valence electrons. The van der Waals surface area contributed by atoms with Crippen LogP contribution in [0.15, 0.2) is 29.6 Å². The van der Waals surface area contributed by atoms with Crippen LogP contribution in [0.1, 0.15) is 36.0 Å². The van der Waals surface area contributed by atoms with Gasteiger partial charge in [0.1, 0.15) is 29.0 Å². The van der Waals surface area contributed by atoms with Gasteiger partial charge in [-0.15, -0.1) is 0 Å². The maximum atomic E-state index is 11.7. The maximum absolute atomic E-state index is 11.7. The molecule has 0 aromatic heterocycles. The Kier molecular flexibility index (Phi) is 6.18. The third-order valence-electron chi connectivity index (χ3n) is 5.02. The molecular weight excluding hydrogens is 396 g/mol. The van der Waals surface area contributed by atoms with E-state index in [-0.39, 0.29) is 12.3 Å². The molecule has 0 aliphatic carbocycles. The average Bonchev–Trinajstić information content (AvgIpc) is 3.09. The molecule has 0 amide bonds. The lowest BCUT2D eigenvalue weighted by Gasteiger charge is -2.33. The average molecular weight is 416 g/mol. The van der Waals surface area contributed by atoms with Gasteiger partial charge in [0.2, 0.25) is 0 Å². The van der Waals surface area contributed by atoms with E-state index in [0.717, 1.165) is 22.9 Å². The van der Waals surface area contributed by atoms with Crippen molar-refractivity contribution in [1.82, 2.24) is 10.2 Å². The zero-order valence-corrected chi connectivity index (χ0v) is 16.7. The Labute approximate surface area is 168 Å². The third kappa shape index (κ3) is 4.57. The summed E-state index contributed by atoms with van der Waals surface area (Å²) in [6.07, 6.45) is 2.97. The minimum atomic E-state index is -3.48. The van der Waals surface area contributed by atoms with E-state index in [4.69, 9.17) is 4.18 Å². The van der Waals surface area contributed by atoms with Crippen LogP contribution in [-0.2, 0) is 41.7 Å². The van der Waals surface area contributed by atoms with Crippen molar-refractivity contribution in [2.45, 2.75) is 38.3 Å². The lowest BCUT2D eigenvalue weighted by Crippen LogP contribution is -2.41. The van der Waals surface area contributed by atoms with Gasteiger partial charge in [-0.3, -0.25) is 4.18 Å². The Balaban J connectivity index is 1.82. The second kappa shape index (κ2) is 8.62. The fourth-order valence-corrected chi connectivity index (χ4v) is 4.17. The summed E-state index contributed by atoms with van der Waals surface area (Å²) in [6, 6.07) is 5.15. The van der Waals surface area contributed by atoms with Gasteiger partial charge < -0.3 is 10.2 Å². The molecule has 0 radical (unpaired) electrons. The summed E-state index contributed by atoms with van der Waals surface area (Å²) in [5.41, 5.74) is 3.49. The number of nitrogens with zero attached hydrogens (tertiary/aromatic N) is 1. The van der Waals surface area contributed by atoms with Crippen molar-refractivity contribution in [3.8, 4) is 0 Å². The molecule has 1 aromatic rings. The second-order valence-corrected chi connectivity index (χ2v) is 8.57. The zero-order valence-electron chi connectivity index (χ0n) is 15.9. The number of hydrogen-bond donors (Lipinski definition) is 1. The highest BCUT2D eigenvalue weighted by Crippen LogP contribution is 2.38. The van der Waals surface area contributed by atoms with Crippen LogP contribution < -0.4 is 5.32 Å². The van der Waals surface area contributed by atoms with Crippen molar-refractivity contribution in [2.24, 2.45) is 0 Å². The number of hydrogen-bond acceptors (Lipinski definition) is 8. The molecule has 2 aliphatic heterocycles. The standard InChI is InChI=1S/C20H20N2O6S/c1-29(26,27)28-9-3-5-14-4-2-6-16-17(14)10-22(20(16)13-25)19-8-7-15(11-23)21-18(19)12-24/h2,4,6,19,21H,3,5,7-10H2,1H3. The van der Waals surface area contributed by atoms with Crippen molar-refractivity contribution in [2.75, 3.05) is 12.9 Å². The SMILES string of the molecule is CS(=O)(=O)OCCCc1cccc2c1CN(C1CCC(=C=O)NC1=C=O)C2=C=O. The Bertz CT molecular complexity index is 1070. The van der Waals surface area contributed by atoms with Crippen LogP contribution in [-0.4, -0.2) is 50.0 Å². The lowest BCUT2D eigenvalue weighted by molar-refractivity contribution is 0.296. The summed E-state index contributed by atoms with van der Waals surface area (Å²) in [4.78, 5) is 35.8. The minimum absolute atomic E-state index is 0.0774. The van der Waals surface area contributed by atoms with Gasteiger partial charge in [-0.25, -0.2) is 14.4 Å². The van der Waals surface area contributed by atoms with E-state index < -0.39 is 16.2 Å². The smallest absolute Gasteiger partial charge is 0.264 e. The molecule has 29 heavy (non-hydrogen) atoms. The monoisotopic (exact) mass is 416 g/mol. The predicted octanol–water partition coefficient (Wildman–Crippen LogP) is 0.766. The van der Waals surface area contributed by atoms with Crippen molar-refractivity contribution in [3.63, 3.8) is 0 Å². The van der Waals surface area contributed by atoms with E-state index in [2.05, 4.69) is 5.32 Å². The number of benzene rings is 1. The first kappa shape index (κ1) is 20.8. The first-order chi connectivity index (χ1) is 13.9. The summed E-state index contributed by atoms with van der Waals surface area (Å²) in [5.74, 6) is 5.59. The van der Waals surface area contributed by atoms with E-state index >= 15 is 0 Å². The number of piperidine rings is 1. The first-order valence-corrected chi connectivity index (χ1v) is 10.9. The normalized spacial score (nSPS) is 18.6. The molecule has 1 saturated heterocycles. The molecule has 8 nitrogen and oxygen atoms in total. The Morgan fingerprint density at radius 3 is 2.66 bits per heavy atom. The predicted molar refractivity (Wildman–Crippen MR) is 105 cm³/mol. The van der Waals surface area contributed by atoms with Gasteiger partial charge >= 0.3 is 0 Å². The van der Waals surface area contributed by atoms with E-state index in [9.17, 15) is 22.8 Å².